The minimum absolute atomic E-state index is 0.295. The maximum atomic E-state index is 12.4. The summed E-state index contributed by atoms with van der Waals surface area (Å²) in [5.74, 6) is 0.801. The standard InChI is InChI=1S/C15H28N2O2/c1-2-17(14-7-3-5-12(14)11-16)15(18)9-8-13-6-4-10-19-13/h12-14H,2-11,16H2,1H3. The quantitative estimate of drug-likeness (QED) is 0.800. The SMILES string of the molecule is CCN(C(=O)CCC1CCCO1)C1CCCC1CN. The first-order chi connectivity index (χ1) is 9.26. The van der Waals surface area contributed by atoms with Crippen LogP contribution in [0.15, 0.2) is 0 Å². The molecule has 0 spiro atoms. The summed E-state index contributed by atoms with van der Waals surface area (Å²) in [6, 6.07) is 0.381. The van der Waals surface area contributed by atoms with Crippen molar-refractivity contribution in [2.45, 2.75) is 64.0 Å². The highest BCUT2D eigenvalue weighted by molar-refractivity contribution is 5.76. The summed E-state index contributed by atoms with van der Waals surface area (Å²) in [4.78, 5) is 14.5. The molecule has 0 aromatic rings. The van der Waals surface area contributed by atoms with E-state index in [1.54, 1.807) is 0 Å². The molecule has 3 unspecified atom stereocenters. The Hall–Kier alpha value is -0.610. The minimum atomic E-state index is 0.295. The number of rotatable bonds is 6. The van der Waals surface area contributed by atoms with Gasteiger partial charge >= 0.3 is 0 Å². The first-order valence-corrected chi connectivity index (χ1v) is 7.87. The van der Waals surface area contributed by atoms with Gasteiger partial charge in [0, 0.05) is 25.6 Å². The third-order valence-corrected chi connectivity index (χ3v) is 4.69. The molecular weight excluding hydrogens is 240 g/mol. The van der Waals surface area contributed by atoms with E-state index >= 15 is 0 Å². The second-order valence-corrected chi connectivity index (χ2v) is 5.85. The lowest BCUT2D eigenvalue weighted by Crippen LogP contribution is -2.44. The van der Waals surface area contributed by atoms with Crippen LogP contribution in [0.5, 0.6) is 0 Å². The zero-order valence-corrected chi connectivity index (χ0v) is 12.1. The number of amides is 1. The van der Waals surface area contributed by atoms with E-state index in [1.807, 2.05) is 0 Å². The first kappa shape index (κ1) is 14.8. The van der Waals surface area contributed by atoms with E-state index in [2.05, 4.69) is 11.8 Å². The van der Waals surface area contributed by atoms with Crippen LogP contribution in [0.2, 0.25) is 0 Å². The number of hydrogen-bond donors (Lipinski definition) is 1. The van der Waals surface area contributed by atoms with E-state index in [4.69, 9.17) is 10.5 Å². The highest BCUT2D eigenvalue weighted by Crippen LogP contribution is 2.30. The Bertz CT molecular complexity index is 290. The summed E-state index contributed by atoms with van der Waals surface area (Å²) >= 11 is 0. The van der Waals surface area contributed by atoms with Crippen molar-refractivity contribution in [2.24, 2.45) is 11.7 Å². The predicted octanol–water partition coefficient (Wildman–Crippen LogP) is 1.92. The maximum absolute atomic E-state index is 12.4. The van der Waals surface area contributed by atoms with Gasteiger partial charge in [-0.2, -0.15) is 0 Å². The van der Waals surface area contributed by atoms with Crippen molar-refractivity contribution in [2.75, 3.05) is 19.7 Å². The molecule has 2 rings (SSSR count). The molecule has 2 fully saturated rings. The van der Waals surface area contributed by atoms with Crippen LogP contribution in [-0.2, 0) is 9.53 Å². The molecular formula is C15H28N2O2. The van der Waals surface area contributed by atoms with Crippen LogP contribution < -0.4 is 5.73 Å². The Labute approximate surface area is 116 Å². The average Bonchev–Trinajstić information content (AvgIpc) is 3.08. The van der Waals surface area contributed by atoms with Gasteiger partial charge in [-0.3, -0.25) is 4.79 Å². The molecule has 2 aliphatic rings. The van der Waals surface area contributed by atoms with E-state index in [0.29, 0.717) is 36.9 Å². The van der Waals surface area contributed by atoms with Gasteiger partial charge in [0.2, 0.25) is 5.91 Å². The van der Waals surface area contributed by atoms with Crippen molar-refractivity contribution in [1.29, 1.82) is 0 Å². The fourth-order valence-corrected chi connectivity index (χ4v) is 3.60. The van der Waals surface area contributed by atoms with Gasteiger partial charge in [0.25, 0.3) is 0 Å². The first-order valence-electron chi connectivity index (χ1n) is 7.87. The Kier molecular flexibility index (Phi) is 5.64. The van der Waals surface area contributed by atoms with Crippen molar-refractivity contribution in [3.05, 3.63) is 0 Å². The number of nitrogens with zero attached hydrogens (tertiary/aromatic N) is 1. The number of nitrogens with two attached hydrogens (primary N) is 1. The predicted molar refractivity (Wildman–Crippen MR) is 75.8 cm³/mol. The topological polar surface area (TPSA) is 55.6 Å². The van der Waals surface area contributed by atoms with Gasteiger partial charge in [0.05, 0.1) is 6.10 Å². The Balaban J connectivity index is 1.83. The Morgan fingerprint density at radius 1 is 1.32 bits per heavy atom. The summed E-state index contributed by atoms with van der Waals surface area (Å²) in [5.41, 5.74) is 5.83. The van der Waals surface area contributed by atoms with E-state index in [1.165, 1.54) is 12.8 Å². The van der Waals surface area contributed by atoms with Crippen LogP contribution in [0.3, 0.4) is 0 Å². The molecule has 0 aromatic carbocycles. The molecule has 4 nitrogen and oxygen atoms in total. The Morgan fingerprint density at radius 2 is 2.16 bits per heavy atom. The monoisotopic (exact) mass is 268 g/mol. The normalized spacial score (nSPS) is 30.7. The maximum Gasteiger partial charge on any atom is 0.222 e. The van der Waals surface area contributed by atoms with E-state index in [-0.39, 0.29) is 0 Å². The molecule has 0 bridgehead atoms. The van der Waals surface area contributed by atoms with Crippen LogP contribution in [0, 0.1) is 5.92 Å². The lowest BCUT2D eigenvalue weighted by Gasteiger charge is -2.32. The average molecular weight is 268 g/mol. The zero-order valence-electron chi connectivity index (χ0n) is 12.1. The Morgan fingerprint density at radius 3 is 2.79 bits per heavy atom. The van der Waals surface area contributed by atoms with Gasteiger partial charge in [0.15, 0.2) is 0 Å². The summed E-state index contributed by atoms with van der Waals surface area (Å²) in [6.45, 7) is 4.47. The van der Waals surface area contributed by atoms with E-state index < -0.39 is 0 Å². The molecule has 2 N–H and O–H groups in total. The van der Waals surface area contributed by atoms with Crippen LogP contribution in [0.25, 0.3) is 0 Å². The van der Waals surface area contributed by atoms with Crippen LogP contribution in [-0.4, -0.2) is 42.6 Å². The number of carbonyl (C=O) groups is 1. The van der Waals surface area contributed by atoms with Gasteiger partial charge in [-0.05, 0) is 51.5 Å². The third-order valence-electron chi connectivity index (χ3n) is 4.69. The van der Waals surface area contributed by atoms with Crippen molar-refractivity contribution in [3.63, 3.8) is 0 Å². The van der Waals surface area contributed by atoms with E-state index in [0.717, 1.165) is 38.8 Å². The summed E-state index contributed by atoms with van der Waals surface area (Å²) < 4.78 is 5.59. The minimum Gasteiger partial charge on any atom is -0.378 e. The molecule has 1 saturated carbocycles. The fourth-order valence-electron chi connectivity index (χ4n) is 3.60. The largest absolute Gasteiger partial charge is 0.378 e. The van der Waals surface area contributed by atoms with Gasteiger partial charge in [-0.1, -0.05) is 6.42 Å². The van der Waals surface area contributed by atoms with Crippen LogP contribution >= 0.6 is 0 Å². The molecule has 1 saturated heterocycles. The van der Waals surface area contributed by atoms with Gasteiger partial charge < -0.3 is 15.4 Å². The molecule has 19 heavy (non-hydrogen) atoms. The van der Waals surface area contributed by atoms with Crippen molar-refractivity contribution < 1.29 is 9.53 Å². The van der Waals surface area contributed by atoms with Crippen LogP contribution in [0.1, 0.15) is 51.9 Å². The lowest BCUT2D eigenvalue weighted by molar-refractivity contribution is -0.134. The smallest absolute Gasteiger partial charge is 0.222 e. The molecule has 1 aliphatic carbocycles. The second kappa shape index (κ2) is 7.25. The highest BCUT2D eigenvalue weighted by Gasteiger charge is 2.33. The molecule has 4 heteroatoms. The van der Waals surface area contributed by atoms with Gasteiger partial charge in [-0.25, -0.2) is 0 Å². The van der Waals surface area contributed by atoms with E-state index in [9.17, 15) is 4.79 Å². The second-order valence-electron chi connectivity index (χ2n) is 5.85. The molecule has 110 valence electrons. The number of carbonyl (C=O) groups excluding carboxylic acids is 1. The van der Waals surface area contributed by atoms with Crippen molar-refractivity contribution in [3.8, 4) is 0 Å². The third kappa shape index (κ3) is 3.69. The molecule has 1 heterocycles. The molecule has 1 aliphatic heterocycles. The van der Waals surface area contributed by atoms with Gasteiger partial charge in [0.1, 0.15) is 0 Å². The summed E-state index contributed by atoms with van der Waals surface area (Å²) in [7, 11) is 0. The fraction of sp³-hybridized carbons (Fsp3) is 0.933. The lowest BCUT2D eigenvalue weighted by atomic mass is 10.0. The highest BCUT2D eigenvalue weighted by atomic mass is 16.5. The summed E-state index contributed by atoms with van der Waals surface area (Å²) in [6.07, 6.45) is 7.61. The molecule has 3 atom stereocenters. The number of hydrogen-bond acceptors (Lipinski definition) is 3. The summed E-state index contributed by atoms with van der Waals surface area (Å²) in [5, 5.41) is 0. The van der Waals surface area contributed by atoms with Gasteiger partial charge in [-0.15, -0.1) is 0 Å². The molecule has 0 aromatic heterocycles. The molecule has 0 radical (unpaired) electrons. The zero-order chi connectivity index (χ0) is 13.7. The molecule has 1 amide bonds. The van der Waals surface area contributed by atoms with Crippen molar-refractivity contribution >= 4 is 5.91 Å². The van der Waals surface area contributed by atoms with Crippen molar-refractivity contribution in [1.82, 2.24) is 4.90 Å². The number of ether oxygens (including phenoxy) is 1. The van der Waals surface area contributed by atoms with Crippen LogP contribution in [0.4, 0.5) is 0 Å².